The number of anilines is 2. The number of pyridine rings is 2. The molecular formula is C13H16N4. The molecule has 2 heterocycles. The normalized spacial score (nSPS) is 14.0. The highest BCUT2D eigenvalue weighted by molar-refractivity contribution is 5.94. The van der Waals surface area contributed by atoms with Crippen LogP contribution < -0.4 is 11.1 Å². The fourth-order valence-electron chi connectivity index (χ4n) is 2.73. The van der Waals surface area contributed by atoms with E-state index in [0.29, 0.717) is 5.82 Å². The molecule has 88 valence electrons. The third-order valence-corrected chi connectivity index (χ3v) is 3.55. The number of aromatic nitrogens is 2. The zero-order valence-electron chi connectivity index (χ0n) is 10.2. The van der Waals surface area contributed by atoms with E-state index in [1.807, 2.05) is 13.1 Å². The van der Waals surface area contributed by atoms with Gasteiger partial charge >= 0.3 is 0 Å². The Balaban J connectivity index is 2.43. The maximum atomic E-state index is 5.80. The molecule has 1 aliphatic rings. The highest BCUT2D eigenvalue weighted by Crippen LogP contribution is 2.33. The Morgan fingerprint density at radius 2 is 2.12 bits per heavy atom. The summed E-state index contributed by atoms with van der Waals surface area (Å²) in [6.07, 6.45) is 3.40. The van der Waals surface area contributed by atoms with Gasteiger partial charge in [-0.05, 0) is 37.3 Å². The molecule has 0 aromatic carbocycles. The lowest BCUT2D eigenvalue weighted by Crippen LogP contribution is -2.02. The molecule has 0 aliphatic heterocycles. The summed E-state index contributed by atoms with van der Waals surface area (Å²) in [7, 11) is 1.90. The van der Waals surface area contributed by atoms with E-state index in [1.165, 1.54) is 23.2 Å². The number of rotatable bonds is 1. The smallest absolute Gasteiger partial charge is 0.164 e. The zero-order chi connectivity index (χ0) is 12.0. The summed E-state index contributed by atoms with van der Waals surface area (Å²) in [5.74, 6) is 0.520. The molecule has 0 saturated heterocycles. The van der Waals surface area contributed by atoms with E-state index in [1.54, 1.807) is 0 Å². The Bertz CT molecular complexity index is 604. The number of nitrogen functional groups attached to an aromatic ring is 1. The van der Waals surface area contributed by atoms with Crippen LogP contribution in [0.2, 0.25) is 0 Å². The number of nitrogens with zero attached hydrogens (tertiary/aromatic N) is 2. The van der Waals surface area contributed by atoms with Gasteiger partial charge in [0.25, 0.3) is 0 Å². The van der Waals surface area contributed by atoms with Gasteiger partial charge < -0.3 is 11.1 Å². The summed E-state index contributed by atoms with van der Waals surface area (Å²) >= 11 is 0. The largest absolute Gasteiger partial charge is 0.387 e. The van der Waals surface area contributed by atoms with Crippen molar-refractivity contribution in [1.82, 2.24) is 9.97 Å². The van der Waals surface area contributed by atoms with Gasteiger partial charge in [0.15, 0.2) is 5.65 Å². The van der Waals surface area contributed by atoms with Gasteiger partial charge in [0.05, 0.1) is 0 Å². The average molecular weight is 228 g/mol. The average Bonchev–Trinajstić information content (AvgIpc) is 2.76. The van der Waals surface area contributed by atoms with Crippen LogP contribution in [0.5, 0.6) is 0 Å². The van der Waals surface area contributed by atoms with Gasteiger partial charge in [-0.15, -0.1) is 0 Å². The third-order valence-electron chi connectivity index (χ3n) is 3.55. The molecule has 1 aliphatic carbocycles. The van der Waals surface area contributed by atoms with E-state index >= 15 is 0 Å². The van der Waals surface area contributed by atoms with E-state index in [9.17, 15) is 0 Å². The van der Waals surface area contributed by atoms with E-state index < -0.39 is 0 Å². The van der Waals surface area contributed by atoms with Gasteiger partial charge in [0.1, 0.15) is 5.82 Å². The van der Waals surface area contributed by atoms with Crippen molar-refractivity contribution in [2.24, 2.45) is 0 Å². The number of hydrogen-bond acceptors (Lipinski definition) is 4. The van der Waals surface area contributed by atoms with Crippen molar-refractivity contribution in [1.29, 1.82) is 0 Å². The summed E-state index contributed by atoms with van der Waals surface area (Å²) in [4.78, 5) is 9.00. The van der Waals surface area contributed by atoms with E-state index in [2.05, 4.69) is 22.2 Å². The highest BCUT2D eigenvalue weighted by atomic mass is 14.9. The minimum absolute atomic E-state index is 0.520. The molecule has 0 atom stereocenters. The maximum Gasteiger partial charge on any atom is 0.164 e. The van der Waals surface area contributed by atoms with Gasteiger partial charge in [-0.2, -0.15) is 0 Å². The molecule has 3 N–H and O–H groups in total. The molecule has 0 unspecified atom stereocenters. The second-order valence-electron chi connectivity index (χ2n) is 4.56. The van der Waals surface area contributed by atoms with Gasteiger partial charge in [-0.25, -0.2) is 9.97 Å². The Morgan fingerprint density at radius 3 is 2.88 bits per heavy atom. The first-order valence-corrected chi connectivity index (χ1v) is 5.97. The van der Waals surface area contributed by atoms with Crippen molar-refractivity contribution in [3.05, 3.63) is 22.9 Å². The molecular weight excluding hydrogens is 212 g/mol. The lowest BCUT2D eigenvalue weighted by molar-refractivity contribution is 0.899. The Morgan fingerprint density at radius 1 is 1.29 bits per heavy atom. The fourth-order valence-corrected chi connectivity index (χ4v) is 2.73. The van der Waals surface area contributed by atoms with Crippen molar-refractivity contribution >= 4 is 22.5 Å². The first kappa shape index (κ1) is 10.3. The molecule has 0 bridgehead atoms. The molecule has 17 heavy (non-hydrogen) atoms. The molecule has 0 saturated carbocycles. The SMILES string of the molecule is CNc1cc(N)nc2nc3c(c(C)c12)CCC3. The number of fused-ring (bicyclic) bond motifs is 2. The van der Waals surface area contributed by atoms with E-state index in [-0.39, 0.29) is 0 Å². The van der Waals surface area contributed by atoms with Crippen LogP contribution in [0.4, 0.5) is 11.5 Å². The minimum Gasteiger partial charge on any atom is -0.387 e. The first-order valence-electron chi connectivity index (χ1n) is 5.97. The molecule has 0 fully saturated rings. The van der Waals surface area contributed by atoms with Crippen LogP contribution in [0.1, 0.15) is 23.2 Å². The second kappa shape index (κ2) is 3.58. The van der Waals surface area contributed by atoms with Crippen molar-refractivity contribution in [3.63, 3.8) is 0 Å². The van der Waals surface area contributed by atoms with Crippen molar-refractivity contribution in [2.75, 3.05) is 18.1 Å². The molecule has 0 amide bonds. The first-order chi connectivity index (χ1) is 8.20. The highest BCUT2D eigenvalue weighted by Gasteiger charge is 2.19. The lowest BCUT2D eigenvalue weighted by Gasteiger charge is -2.12. The van der Waals surface area contributed by atoms with Crippen LogP contribution in [-0.4, -0.2) is 17.0 Å². The molecule has 4 heteroatoms. The number of nitrogens with one attached hydrogen (secondary N) is 1. The molecule has 3 rings (SSSR count). The standard InChI is InChI=1S/C13H16N4/c1-7-8-4-3-5-9(8)16-13-12(7)10(15-2)6-11(14)17-13/h6H,3-5H2,1-2H3,(H3,14,15,16,17). The van der Waals surface area contributed by atoms with Gasteiger partial charge in [-0.1, -0.05) is 0 Å². The van der Waals surface area contributed by atoms with Crippen LogP contribution in [0.15, 0.2) is 6.07 Å². The Labute approximate surface area is 100 Å². The lowest BCUT2D eigenvalue weighted by atomic mass is 10.0. The van der Waals surface area contributed by atoms with Crippen LogP contribution in [0.3, 0.4) is 0 Å². The van der Waals surface area contributed by atoms with E-state index in [0.717, 1.165) is 29.6 Å². The molecule has 0 spiro atoms. The summed E-state index contributed by atoms with van der Waals surface area (Å²) in [6.45, 7) is 2.16. The zero-order valence-corrected chi connectivity index (χ0v) is 10.2. The maximum absolute atomic E-state index is 5.80. The summed E-state index contributed by atoms with van der Waals surface area (Å²) in [6, 6.07) is 1.87. The second-order valence-corrected chi connectivity index (χ2v) is 4.56. The van der Waals surface area contributed by atoms with Crippen molar-refractivity contribution in [3.8, 4) is 0 Å². The van der Waals surface area contributed by atoms with Gasteiger partial charge in [0, 0.05) is 29.9 Å². The van der Waals surface area contributed by atoms with Crippen LogP contribution in [0.25, 0.3) is 11.0 Å². The number of aryl methyl sites for hydroxylation is 2. The number of hydrogen-bond donors (Lipinski definition) is 2. The summed E-state index contributed by atoms with van der Waals surface area (Å²) in [5.41, 5.74) is 11.5. The Hall–Kier alpha value is -1.84. The fraction of sp³-hybridized carbons (Fsp3) is 0.385. The predicted molar refractivity (Wildman–Crippen MR) is 70.3 cm³/mol. The van der Waals surface area contributed by atoms with Crippen LogP contribution in [0, 0.1) is 6.92 Å². The van der Waals surface area contributed by atoms with Crippen molar-refractivity contribution in [2.45, 2.75) is 26.2 Å². The van der Waals surface area contributed by atoms with Crippen LogP contribution >= 0.6 is 0 Å². The van der Waals surface area contributed by atoms with Crippen LogP contribution in [-0.2, 0) is 12.8 Å². The molecule has 0 radical (unpaired) electrons. The predicted octanol–water partition coefficient (Wildman–Crippen LogP) is 2.05. The van der Waals surface area contributed by atoms with Gasteiger partial charge in [0.2, 0.25) is 0 Å². The minimum atomic E-state index is 0.520. The van der Waals surface area contributed by atoms with Gasteiger partial charge in [-0.3, -0.25) is 0 Å². The molecule has 2 aromatic heterocycles. The summed E-state index contributed by atoms with van der Waals surface area (Å²) in [5, 5.41) is 4.30. The summed E-state index contributed by atoms with van der Waals surface area (Å²) < 4.78 is 0. The quantitative estimate of drug-likeness (QED) is 0.784. The Kier molecular flexibility index (Phi) is 2.18. The van der Waals surface area contributed by atoms with E-state index in [4.69, 9.17) is 5.73 Å². The topological polar surface area (TPSA) is 63.8 Å². The monoisotopic (exact) mass is 228 g/mol. The van der Waals surface area contributed by atoms with Crippen molar-refractivity contribution < 1.29 is 0 Å². The molecule has 2 aromatic rings. The third kappa shape index (κ3) is 1.44. The molecule has 4 nitrogen and oxygen atoms in total. The number of nitrogens with two attached hydrogens (primary N) is 1.